The molecule has 2 amide bonds. The second-order valence-corrected chi connectivity index (χ2v) is 15.7. The topological polar surface area (TPSA) is 124 Å². The van der Waals surface area contributed by atoms with Gasteiger partial charge in [0.1, 0.15) is 5.69 Å². The van der Waals surface area contributed by atoms with E-state index in [0.717, 1.165) is 24.4 Å². The van der Waals surface area contributed by atoms with Crippen molar-refractivity contribution in [3.63, 3.8) is 0 Å². The van der Waals surface area contributed by atoms with Gasteiger partial charge in [0.05, 0.1) is 25.6 Å². The number of benzene rings is 1. The number of rotatable bonds is 8. The molecule has 1 aliphatic carbocycles. The van der Waals surface area contributed by atoms with Crippen molar-refractivity contribution in [1.82, 2.24) is 15.0 Å². The molecule has 2 atom stereocenters. The molecule has 35 heavy (non-hydrogen) atoms. The van der Waals surface area contributed by atoms with Crippen molar-refractivity contribution in [1.29, 1.82) is 0 Å². The average molecular weight is 502 g/mol. The number of aromatic nitrogens is 3. The van der Waals surface area contributed by atoms with E-state index in [0.29, 0.717) is 36.6 Å². The zero-order valence-corrected chi connectivity index (χ0v) is 22.1. The van der Waals surface area contributed by atoms with Crippen molar-refractivity contribution >= 4 is 37.5 Å². The first-order chi connectivity index (χ1) is 16.6. The number of anilines is 2. The summed E-state index contributed by atoms with van der Waals surface area (Å²) in [5.41, 5.74) is 1.82. The second-order valence-electron chi connectivity index (χ2n) is 10.1. The van der Waals surface area contributed by atoms with Gasteiger partial charge in [0, 0.05) is 26.4 Å². The summed E-state index contributed by atoms with van der Waals surface area (Å²) < 4.78 is 11.7. The highest BCUT2D eigenvalue weighted by atomic mass is 28.3. The molecule has 0 unspecified atom stereocenters. The first kappa shape index (κ1) is 26.4. The van der Waals surface area contributed by atoms with Gasteiger partial charge in [0.2, 0.25) is 5.91 Å². The molecule has 0 aliphatic heterocycles. The summed E-state index contributed by atoms with van der Waals surface area (Å²) in [4.78, 5) is 37.3. The van der Waals surface area contributed by atoms with Gasteiger partial charge in [0.25, 0.3) is 0 Å². The zero-order chi connectivity index (χ0) is 25.6. The lowest BCUT2D eigenvalue weighted by molar-refractivity contribution is -0.151. The van der Waals surface area contributed by atoms with Gasteiger partial charge in [0.15, 0.2) is 5.82 Å². The molecule has 0 bridgehead atoms. The van der Waals surface area contributed by atoms with Crippen LogP contribution in [0.1, 0.15) is 25.7 Å². The highest BCUT2D eigenvalue weighted by molar-refractivity contribution is 6.76. The van der Waals surface area contributed by atoms with Crippen molar-refractivity contribution in [2.75, 3.05) is 24.4 Å². The molecule has 11 heteroatoms. The monoisotopic (exact) mass is 501 g/mol. The number of esters is 1. The van der Waals surface area contributed by atoms with Crippen molar-refractivity contribution in [2.45, 2.75) is 51.4 Å². The lowest BCUT2D eigenvalue weighted by Crippen LogP contribution is -2.36. The van der Waals surface area contributed by atoms with Crippen LogP contribution in [-0.4, -0.2) is 54.8 Å². The van der Waals surface area contributed by atoms with Crippen LogP contribution in [-0.2, 0) is 26.1 Å². The van der Waals surface area contributed by atoms with Gasteiger partial charge in [-0.15, -0.1) is 5.10 Å². The van der Waals surface area contributed by atoms with Crippen molar-refractivity contribution in [3.8, 4) is 11.3 Å². The Labute approximate surface area is 206 Å². The van der Waals surface area contributed by atoms with Crippen LogP contribution >= 0.6 is 0 Å². The molecular formula is C24H35N5O5Si. The van der Waals surface area contributed by atoms with Crippen molar-refractivity contribution < 1.29 is 23.9 Å². The number of amides is 2. The van der Waals surface area contributed by atoms with Gasteiger partial charge in [-0.2, -0.15) is 0 Å². The van der Waals surface area contributed by atoms with Crippen LogP contribution in [0.2, 0.25) is 25.7 Å². The van der Waals surface area contributed by atoms with Gasteiger partial charge in [-0.3, -0.25) is 14.9 Å². The Balaban J connectivity index is 1.65. The molecule has 190 valence electrons. The Kier molecular flexibility index (Phi) is 8.65. The normalized spacial score (nSPS) is 18.0. The number of carbonyl (C=O) groups is 3. The third-order valence-corrected chi connectivity index (χ3v) is 7.87. The van der Waals surface area contributed by atoms with E-state index in [2.05, 4.69) is 40.6 Å². The van der Waals surface area contributed by atoms with Gasteiger partial charge >= 0.3 is 12.1 Å². The summed E-state index contributed by atoms with van der Waals surface area (Å²) in [7, 11) is 1.73. The molecule has 0 spiro atoms. The molecule has 1 aromatic carbocycles. The summed E-state index contributed by atoms with van der Waals surface area (Å²) >= 11 is 0. The largest absolute Gasteiger partial charge is 0.469 e. The quantitative estimate of drug-likeness (QED) is 0.408. The number of hydrogen-bond acceptors (Lipinski definition) is 7. The predicted octanol–water partition coefficient (Wildman–Crippen LogP) is 4.29. The number of methoxy groups -OCH3 is 1. The first-order valence-electron chi connectivity index (χ1n) is 11.9. The highest BCUT2D eigenvalue weighted by Gasteiger charge is 2.36. The Morgan fingerprint density at radius 1 is 1.06 bits per heavy atom. The molecule has 2 aromatic rings. The molecule has 1 saturated carbocycles. The number of nitrogens with zero attached hydrogens (tertiary/aromatic N) is 3. The maximum atomic E-state index is 12.9. The number of ether oxygens (including phenoxy) is 2. The minimum atomic E-state index is -1.31. The number of aryl methyl sites for hydroxylation is 1. The fraction of sp³-hybridized carbons (Fsp3) is 0.542. The molecule has 10 nitrogen and oxygen atoms in total. The van der Waals surface area contributed by atoms with Crippen LogP contribution in [0.25, 0.3) is 11.3 Å². The summed E-state index contributed by atoms with van der Waals surface area (Å²) in [6, 6.07) is 7.98. The SMILES string of the molecule is COC(=O)[C@H]1CCCC[C@@H]1C(=O)Nc1ccc(-c2nnn(C)c2NC(=O)OCC[Si](C)(C)C)cc1. The van der Waals surface area contributed by atoms with Gasteiger partial charge in [-0.1, -0.05) is 49.8 Å². The van der Waals surface area contributed by atoms with Gasteiger partial charge in [-0.25, -0.2) is 9.48 Å². The molecule has 1 heterocycles. The van der Waals surface area contributed by atoms with E-state index in [4.69, 9.17) is 9.47 Å². The fourth-order valence-electron chi connectivity index (χ4n) is 4.10. The van der Waals surface area contributed by atoms with E-state index in [1.54, 1.807) is 31.3 Å². The lowest BCUT2D eigenvalue weighted by atomic mass is 9.78. The van der Waals surface area contributed by atoms with E-state index < -0.39 is 26.0 Å². The summed E-state index contributed by atoms with van der Waals surface area (Å²) in [6.07, 6.45) is 2.59. The van der Waals surface area contributed by atoms with Crippen LogP contribution in [0.4, 0.5) is 16.3 Å². The predicted molar refractivity (Wildman–Crippen MR) is 136 cm³/mol. The highest BCUT2D eigenvalue weighted by Crippen LogP contribution is 2.32. The first-order valence-corrected chi connectivity index (χ1v) is 15.6. The Hall–Kier alpha value is -3.21. The molecule has 1 fully saturated rings. The molecule has 1 aliphatic rings. The smallest absolute Gasteiger partial charge is 0.412 e. The second kappa shape index (κ2) is 11.5. The van der Waals surface area contributed by atoms with Crippen molar-refractivity contribution in [3.05, 3.63) is 24.3 Å². The van der Waals surface area contributed by atoms with E-state index in [1.165, 1.54) is 11.8 Å². The Morgan fingerprint density at radius 3 is 2.34 bits per heavy atom. The van der Waals surface area contributed by atoms with Crippen molar-refractivity contribution in [2.24, 2.45) is 18.9 Å². The Morgan fingerprint density at radius 2 is 1.71 bits per heavy atom. The van der Waals surface area contributed by atoms with Gasteiger partial charge in [-0.05, 0) is 31.0 Å². The average Bonchev–Trinajstić information content (AvgIpc) is 3.18. The van der Waals surface area contributed by atoms with Crippen LogP contribution in [0.3, 0.4) is 0 Å². The number of carbonyl (C=O) groups excluding carboxylic acids is 3. The molecule has 1 aromatic heterocycles. The van der Waals surface area contributed by atoms with E-state index in [1.807, 2.05) is 0 Å². The summed E-state index contributed by atoms with van der Waals surface area (Å²) in [6.45, 7) is 7.02. The van der Waals surface area contributed by atoms with E-state index in [-0.39, 0.29) is 11.9 Å². The van der Waals surface area contributed by atoms with E-state index in [9.17, 15) is 14.4 Å². The number of nitrogens with one attached hydrogen (secondary N) is 2. The number of hydrogen-bond donors (Lipinski definition) is 2. The Bertz CT molecular complexity index is 1050. The maximum Gasteiger partial charge on any atom is 0.412 e. The molecule has 2 N–H and O–H groups in total. The van der Waals surface area contributed by atoms with Crippen LogP contribution in [0, 0.1) is 11.8 Å². The molecule has 3 rings (SSSR count). The molecule has 0 saturated heterocycles. The minimum absolute atomic E-state index is 0.184. The lowest BCUT2D eigenvalue weighted by Gasteiger charge is -2.28. The van der Waals surface area contributed by atoms with E-state index >= 15 is 0 Å². The molecule has 0 radical (unpaired) electrons. The standard InChI is InChI=1S/C24H35N5O5Si/c1-29-21(26-24(32)34-14-15-35(3,4)5)20(27-28-29)16-10-12-17(13-11-16)25-22(30)18-8-6-7-9-19(18)23(31)33-2/h10-13,18-19H,6-9,14-15H2,1-5H3,(H,25,30)(H,26,32)/t18-,19-/m0/s1. The molecular weight excluding hydrogens is 466 g/mol. The third-order valence-electron chi connectivity index (χ3n) is 6.17. The fourth-order valence-corrected chi connectivity index (χ4v) is 4.81. The third kappa shape index (κ3) is 7.14. The van der Waals surface area contributed by atoms with Crippen LogP contribution in [0.15, 0.2) is 24.3 Å². The van der Waals surface area contributed by atoms with Crippen LogP contribution in [0.5, 0.6) is 0 Å². The zero-order valence-electron chi connectivity index (χ0n) is 21.1. The maximum absolute atomic E-state index is 12.9. The van der Waals surface area contributed by atoms with Gasteiger partial charge < -0.3 is 14.8 Å². The van der Waals surface area contributed by atoms with Crippen LogP contribution < -0.4 is 10.6 Å². The minimum Gasteiger partial charge on any atom is -0.469 e. The summed E-state index contributed by atoms with van der Waals surface area (Å²) in [5.74, 6) is -0.911. The summed E-state index contributed by atoms with van der Waals surface area (Å²) in [5, 5.41) is 13.8.